The monoisotopic (exact) mass is 296 g/mol. The summed E-state index contributed by atoms with van der Waals surface area (Å²) < 4.78 is 0. The van der Waals surface area contributed by atoms with Crippen LogP contribution in [0.1, 0.15) is 13.8 Å². The Kier molecular flexibility index (Phi) is 12.3. The first-order valence-electron chi connectivity index (χ1n) is 4.78. The van der Waals surface area contributed by atoms with Gasteiger partial charge in [-0.1, -0.05) is 23.5 Å². The van der Waals surface area contributed by atoms with E-state index in [-0.39, 0.29) is 10.2 Å². The molecular formula is C10H16O2S4. The van der Waals surface area contributed by atoms with Gasteiger partial charge in [0.15, 0.2) is 10.2 Å². The van der Waals surface area contributed by atoms with Crippen LogP contribution < -0.4 is 0 Å². The molecule has 0 saturated heterocycles. The predicted molar refractivity (Wildman–Crippen MR) is 80.3 cm³/mol. The van der Waals surface area contributed by atoms with Gasteiger partial charge >= 0.3 is 0 Å². The van der Waals surface area contributed by atoms with E-state index in [4.69, 9.17) is 0 Å². The Morgan fingerprint density at radius 1 is 0.812 bits per heavy atom. The Morgan fingerprint density at radius 3 is 1.50 bits per heavy atom. The molecule has 6 heteroatoms. The van der Waals surface area contributed by atoms with E-state index in [1.807, 2.05) is 10.8 Å². The van der Waals surface area contributed by atoms with Crippen LogP contribution in [0.3, 0.4) is 0 Å². The Hall–Kier alpha value is 0.480. The fraction of sp³-hybridized carbons (Fsp3) is 0.600. The normalized spacial score (nSPS) is 10.9. The molecule has 0 aliphatic carbocycles. The zero-order valence-corrected chi connectivity index (χ0v) is 12.7. The first-order chi connectivity index (χ1) is 7.63. The first-order valence-corrected chi connectivity index (χ1v) is 8.84. The highest BCUT2D eigenvalue weighted by molar-refractivity contribution is 8.15. The average molecular weight is 297 g/mol. The smallest absolute Gasteiger partial charge is 0.185 e. The van der Waals surface area contributed by atoms with Crippen molar-refractivity contribution in [1.29, 1.82) is 0 Å². The number of carbonyl (C=O) groups excluding carboxylic acids is 2. The molecule has 16 heavy (non-hydrogen) atoms. The van der Waals surface area contributed by atoms with E-state index in [1.54, 1.807) is 37.4 Å². The van der Waals surface area contributed by atoms with Crippen molar-refractivity contribution in [3.8, 4) is 0 Å². The third kappa shape index (κ3) is 14.5. The van der Waals surface area contributed by atoms with Crippen molar-refractivity contribution in [2.75, 3.05) is 23.0 Å². The summed E-state index contributed by atoms with van der Waals surface area (Å²) in [6.45, 7) is 3.18. The van der Waals surface area contributed by atoms with Crippen LogP contribution in [-0.2, 0) is 9.59 Å². The van der Waals surface area contributed by atoms with Crippen LogP contribution in [0.4, 0.5) is 0 Å². The second kappa shape index (κ2) is 12.0. The summed E-state index contributed by atoms with van der Waals surface area (Å²) in [6, 6.07) is 0. The highest BCUT2D eigenvalue weighted by Gasteiger charge is 1.93. The maximum absolute atomic E-state index is 10.6. The van der Waals surface area contributed by atoms with Crippen LogP contribution in [0.25, 0.3) is 0 Å². The molecule has 0 saturated carbocycles. The van der Waals surface area contributed by atoms with Crippen LogP contribution in [-0.4, -0.2) is 33.2 Å². The Labute approximate surface area is 114 Å². The molecule has 0 aromatic heterocycles. The fourth-order valence-electron chi connectivity index (χ4n) is 0.682. The molecule has 0 aromatic rings. The zero-order chi connectivity index (χ0) is 12.2. The molecule has 0 aromatic carbocycles. The summed E-state index contributed by atoms with van der Waals surface area (Å²) in [5.41, 5.74) is 0. The van der Waals surface area contributed by atoms with E-state index in [1.165, 1.54) is 23.5 Å². The third-order valence-electron chi connectivity index (χ3n) is 1.26. The summed E-state index contributed by atoms with van der Waals surface area (Å²) in [7, 11) is 0. The van der Waals surface area contributed by atoms with E-state index >= 15 is 0 Å². The summed E-state index contributed by atoms with van der Waals surface area (Å²) in [5.74, 6) is 3.66. The predicted octanol–water partition coefficient (Wildman–Crippen LogP) is 3.48. The van der Waals surface area contributed by atoms with Gasteiger partial charge in [0.1, 0.15) is 0 Å². The lowest BCUT2D eigenvalue weighted by molar-refractivity contribution is -0.109. The van der Waals surface area contributed by atoms with Crippen molar-refractivity contribution < 1.29 is 9.59 Å². The number of thioether (sulfide) groups is 4. The highest BCUT2D eigenvalue weighted by Crippen LogP contribution is 2.13. The van der Waals surface area contributed by atoms with Crippen LogP contribution in [0, 0.1) is 0 Å². The van der Waals surface area contributed by atoms with Gasteiger partial charge in [-0.05, 0) is 10.8 Å². The van der Waals surface area contributed by atoms with Crippen LogP contribution in [0.5, 0.6) is 0 Å². The summed E-state index contributed by atoms with van der Waals surface area (Å²) in [6.07, 6.45) is 0. The lowest BCUT2D eigenvalue weighted by Crippen LogP contribution is -1.88. The molecule has 0 radical (unpaired) electrons. The van der Waals surface area contributed by atoms with Gasteiger partial charge in [0.25, 0.3) is 0 Å². The largest absolute Gasteiger partial charge is 0.288 e. The van der Waals surface area contributed by atoms with E-state index in [9.17, 15) is 9.59 Å². The Bertz CT molecular complexity index is 217. The van der Waals surface area contributed by atoms with Gasteiger partial charge in [0.2, 0.25) is 0 Å². The summed E-state index contributed by atoms with van der Waals surface area (Å²) >= 11 is 6.15. The summed E-state index contributed by atoms with van der Waals surface area (Å²) in [5, 5.41) is 4.45. The number of rotatable bonds is 8. The second-order valence-corrected chi connectivity index (χ2v) is 7.27. The topological polar surface area (TPSA) is 34.1 Å². The number of hydrogen-bond donors (Lipinski definition) is 0. The zero-order valence-electron chi connectivity index (χ0n) is 9.43. The number of hydrogen-bond acceptors (Lipinski definition) is 6. The van der Waals surface area contributed by atoms with Gasteiger partial charge < -0.3 is 0 Å². The van der Waals surface area contributed by atoms with Crippen molar-refractivity contribution in [1.82, 2.24) is 0 Å². The molecule has 0 aliphatic rings. The fourth-order valence-corrected chi connectivity index (χ4v) is 3.59. The molecule has 0 atom stereocenters. The van der Waals surface area contributed by atoms with Crippen molar-refractivity contribution in [3.63, 3.8) is 0 Å². The Morgan fingerprint density at radius 2 is 1.19 bits per heavy atom. The standard InChI is InChI=1S/C10H16O2S4/c1-9(11)15-7-5-13-3-4-14-6-8-16-10(2)12/h3-4H,5-8H2,1-2H3. The van der Waals surface area contributed by atoms with E-state index in [2.05, 4.69) is 0 Å². The lowest BCUT2D eigenvalue weighted by Gasteiger charge is -1.95. The number of carbonyl (C=O) groups is 2. The maximum atomic E-state index is 10.6. The van der Waals surface area contributed by atoms with E-state index in [0.29, 0.717) is 0 Å². The SMILES string of the molecule is CC(=O)SCCSC=CSCCSC(C)=O. The van der Waals surface area contributed by atoms with Crippen LogP contribution >= 0.6 is 47.0 Å². The molecule has 0 unspecified atom stereocenters. The van der Waals surface area contributed by atoms with Gasteiger partial charge in [0, 0.05) is 36.9 Å². The van der Waals surface area contributed by atoms with Gasteiger partial charge in [-0.15, -0.1) is 23.5 Å². The van der Waals surface area contributed by atoms with Gasteiger partial charge in [0.05, 0.1) is 0 Å². The highest BCUT2D eigenvalue weighted by atomic mass is 32.2. The van der Waals surface area contributed by atoms with Crippen molar-refractivity contribution in [2.45, 2.75) is 13.8 Å². The third-order valence-corrected chi connectivity index (χ3v) is 5.12. The lowest BCUT2D eigenvalue weighted by atomic mass is 10.9. The molecule has 0 rings (SSSR count). The van der Waals surface area contributed by atoms with Crippen molar-refractivity contribution in [3.05, 3.63) is 10.8 Å². The molecule has 0 spiro atoms. The maximum Gasteiger partial charge on any atom is 0.185 e. The second-order valence-electron chi connectivity index (χ2n) is 2.69. The average Bonchev–Trinajstić information content (AvgIpc) is 2.20. The molecule has 0 fully saturated rings. The van der Waals surface area contributed by atoms with Gasteiger partial charge in [-0.2, -0.15) is 0 Å². The molecule has 0 amide bonds. The van der Waals surface area contributed by atoms with Crippen molar-refractivity contribution in [2.24, 2.45) is 0 Å². The van der Waals surface area contributed by atoms with Crippen molar-refractivity contribution >= 4 is 57.3 Å². The quantitative estimate of drug-likeness (QED) is 0.638. The molecule has 0 aliphatic heterocycles. The van der Waals surface area contributed by atoms with Crippen LogP contribution in [0.2, 0.25) is 0 Å². The minimum absolute atomic E-state index is 0.181. The molecule has 0 heterocycles. The minimum Gasteiger partial charge on any atom is -0.288 e. The van der Waals surface area contributed by atoms with Crippen LogP contribution in [0.15, 0.2) is 10.8 Å². The summed E-state index contributed by atoms with van der Waals surface area (Å²) in [4.78, 5) is 21.2. The Balaban J connectivity index is 3.16. The first kappa shape index (κ1) is 16.5. The molecule has 0 bridgehead atoms. The van der Waals surface area contributed by atoms with E-state index in [0.717, 1.165) is 23.0 Å². The molecule has 0 N–H and O–H groups in total. The minimum atomic E-state index is 0.181. The molecule has 92 valence electrons. The van der Waals surface area contributed by atoms with Gasteiger partial charge in [-0.3, -0.25) is 9.59 Å². The molecule has 2 nitrogen and oxygen atoms in total. The molecular weight excluding hydrogens is 280 g/mol. The van der Waals surface area contributed by atoms with Gasteiger partial charge in [-0.25, -0.2) is 0 Å². The van der Waals surface area contributed by atoms with E-state index < -0.39 is 0 Å².